The molecule has 3 N–H and O–H groups in total. The molecule has 3 nitrogen and oxygen atoms in total. The van der Waals surface area contributed by atoms with Gasteiger partial charge in [0, 0.05) is 21.6 Å². The Morgan fingerprint density at radius 3 is 2.86 bits per heavy atom. The number of fused-ring (bicyclic) bond motifs is 1. The van der Waals surface area contributed by atoms with Crippen LogP contribution in [0.1, 0.15) is 5.56 Å². The highest BCUT2D eigenvalue weighted by Crippen LogP contribution is 2.24. The summed E-state index contributed by atoms with van der Waals surface area (Å²) < 4.78 is 0.964. The number of hydrogen-bond donors (Lipinski definition) is 2. The van der Waals surface area contributed by atoms with E-state index in [9.17, 15) is 0 Å². The van der Waals surface area contributed by atoms with E-state index in [0.29, 0.717) is 5.56 Å². The summed E-state index contributed by atoms with van der Waals surface area (Å²) in [6, 6.07) is 7.47. The normalized spacial score (nSPS) is 10.4. The largest absolute Gasteiger partial charge is 0.384 e. The van der Waals surface area contributed by atoms with E-state index in [-0.39, 0.29) is 5.84 Å². The summed E-state index contributed by atoms with van der Waals surface area (Å²) in [5.74, 6) is 0.0428. The standard InChI is InChI=1S/C10H8BrN3/c11-8-4-3-7(10(12)13)9-6(8)2-1-5-14-9/h1-5H,(H3,12,13). The molecule has 0 aliphatic rings. The van der Waals surface area contributed by atoms with Crippen LogP contribution in [-0.2, 0) is 0 Å². The molecule has 1 aromatic carbocycles. The van der Waals surface area contributed by atoms with Crippen LogP contribution in [0, 0.1) is 5.41 Å². The maximum Gasteiger partial charge on any atom is 0.125 e. The van der Waals surface area contributed by atoms with Crippen molar-refractivity contribution in [1.82, 2.24) is 4.98 Å². The van der Waals surface area contributed by atoms with E-state index in [2.05, 4.69) is 20.9 Å². The van der Waals surface area contributed by atoms with Crippen molar-refractivity contribution in [2.24, 2.45) is 5.73 Å². The van der Waals surface area contributed by atoms with Crippen LogP contribution in [0.4, 0.5) is 0 Å². The minimum absolute atomic E-state index is 0.0428. The van der Waals surface area contributed by atoms with Crippen LogP contribution in [0.25, 0.3) is 10.9 Å². The van der Waals surface area contributed by atoms with Crippen LogP contribution in [0.5, 0.6) is 0 Å². The molecule has 0 aliphatic carbocycles. The third-order valence-electron chi connectivity index (χ3n) is 2.01. The molecule has 70 valence electrons. The molecule has 14 heavy (non-hydrogen) atoms. The molecule has 0 amide bonds. The van der Waals surface area contributed by atoms with Gasteiger partial charge in [0.25, 0.3) is 0 Å². The van der Waals surface area contributed by atoms with Gasteiger partial charge < -0.3 is 5.73 Å². The van der Waals surface area contributed by atoms with Crippen molar-refractivity contribution in [1.29, 1.82) is 5.41 Å². The number of benzene rings is 1. The highest BCUT2D eigenvalue weighted by Gasteiger charge is 2.06. The van der Waals surface area contributed by atoms with Crippen LogP contribution < -0.4 is 5.73 Å². The van der Waals surface area contributed by atoms with Gasteiger partial charge in [-0.3, -0.25) is 10.4 Å². The molecule has 0 atom stereocenters. The van der Waals surface area contributed by atoms with Gasteiger partial charge >= 0.3 is 0 Å². The van der Waals surface area contributed by atoms with Crippen molar-refractivity contribution in [2.45, 2.75) is 0 Å². The Morgan fingerprint density at radius 2 is 2.14 bits per heavy atom. The quantitative estimate of drug-likeness (QED) is 0.602. The predicted molar refractivity (Wildman–Crippen MR) is 60.5 cm³/mol. The maximum absolute atomic E-state index is 7.41. The predicted octanol–water partition coefficient (Wildman–Crippen LogP) is 2.28. The number of pyridine rings is 1. The molecule has 0 spiro atoms. The Balaban J connectivity index is 2.88. The molecule has 0 unspecified atom stereocenters. The highest BCUT2D eigenvalue weighted by atomic mass is 79.9. The van der Waals surface area contributed by atoms with E-state index >= 15 is 0 Å². The van der Waals surface area contributed by atoms with E-state index in [1.807, 2.05) is 18.2 Å². The second-order valence-corrected chi connectivity index (χ2v) is 3.76. The van der Waals surface area contributed by atoms with E-state index in [4.69, 9.17) is 11.1 Å². The highest BCUT2D eigenvalue weighted by molar-refractivity contribution is 9.10. The smallest absolute Gasteiger partial charge is 0.125 e. The van der Waals surface area contributed by atoms with Gasteiger partial charge in [-0.25, -0.2) is 0 Å². The Hall–Kier alpha value is -1.42. The molecule has 0 saturated heterocycles. The number of nitrogen functional groups attached to an aromatic ring is 1. The van der Waals surface area contributed by atoms with Crippen molar-refractivity contribution in [3.05, 3.63) is 40.5 Å². The fourth-order valence-corrected chi connectivity index (χ4v) is 1.81. The molecule has 2 aromatic rings. The van der Waals surface area contributed by atoms with Crippen LogP contribution >= 0.6 is 15.9 Å². The number of amidine groups is 1. The number of halogens is 1. The first-order valence-electron chi connectivity index (χ1n) is 4.08. The third kappa shape index (κ3) is 1.37. The van der Waals surface area contributed by atoms with Crippen molar-refractivity contribution in [2.75, 3.05) is 0 Å². The van der Waals surface area contributed by atoms with Crippen LogP contribution in [0.3, 0.4) is 0 Å². The van der Waals surface area contributed by atoms with E-state index in [1.54, 1.807) is 12.3 Å². The number of nitrogens with one attached hydrogen (secondary N) is 1. The zero-order valence-electron chi connectivity index (χ0n) is 7.29. The van der Waals surface area contributed by atoms with Gasteiger partial charge in [0.15, 0.2) is 0 Å². The summed E-state index contributed by atoms with van der Waals surface area (Å²) in [7, 11) is 0. The molecule has 0 fully saturated rings. The first-order valence-corrected chi connectivity index (χ1v) is 4.87. The van der Waals surface area contributed by atoms with Crippen LogP contribution in [0.15, 0.2) is 34.9 Å². The molecule has 0 radical (unpaired) electrons. The van der Waals surface area contributed by atoms with E-state index < -0.39 is 0 Å². The van der Waals surface area contributed by atoms with Crippen molar-refractivity contribution in [3.8, 4) is 0 Å². The van der Waals surface area contributed by atoms with Gasteiger partial charge in [-0.15, -0.1) is 0 Å². The lowest BCUT2D eigenvalue weighted by molar-refractivity contribution is 1.37. The summed E-state index contributed by atoms with van der Waals surface area (Å²) in [5.41, 5.74) is 6.89. The lowest BCUT2D eigenvalue weighted by Gasteiger charge is -2.04. The van der Waals surface area contributed by atoms with Gasteiger partial charge in [-0.1, -0.05) is 22.0 Å². The fraction of sp³-hybridized carbons (Fsp3) is 0. The number of hydrogen-bond acceptors (Lipinski definition) is 2. The minimum Gasteiger partial charge on any atom is -0.384 e. The summed E-state index contributed by atoms with van der Waals surface area (Å²) in [6.45, 7) is 0. The lowest BCUT2D eigenvalue weighted by atomic mass is 10.1. The maximum atomic E-state index is 7.41. The molecular formula is C10H8BrN3. The molecule has 1 aromatic heterocycles. The van der Waals surface area contributed by atoms with Gasteiger partial charge in [-0.05, 0) is 18.2 Å². The average Bonchev–Trinajstić information content (AvgIpc) is 2.18. The molecule has 1 heterocycles. The summed E-state index contributed by atoms with van der Waals surface area (Å²) in [4.78, 5) is 4.21. The molecular weight excluding hydrogens is 242 g/mol. The molecule has 0 bridgehead atoms. The minimum atomic E-state index is 0.0428. The number of nitrogens with two attached hydrogens (primary N) is 1. The lowest BCUT2D eigenvalue weighted by Crippen LogP contribution is -2.11. The van der Waals surface area contributed by atoms with Gasteiger partial charge in [-0.2, -0.15) is 0 Å². The SMILES string of the molecule is N=C(N)c1ccc(Br)c2cccnc12. The zero-order valence-corrected chi connectivity index (χ0v) is 8.88. The summed E-state index contributed by atoms with van der Waals surface area (Å²) >= 11 is 3.43. The molecule has 0 aliphatic heterocycles. The monoisotopic (exact) mass is 249 g/mol. The van der Waals surface area contributed by atoms with E-state index in [1.165, 1.54) is 0 Å². The van der Waals surface area contributed by atoms with E-state index in [0.717, 1.165) is 15.4 Å². The second kappa shape index (κ2) is 3.38. The van der Waals surface area contributed by atoms with Crippen molar-refractivity contribution < 1.29 is 0 Å². The Bertz CT molecular complexity index is 508. The molecule has 2 rings (SSSR count). The number of rotatable bonds is 1. The van der Waals surface area contributed by atoms with Crippen LogP contribution in [-0.4, -0.2) is 10.8 Å². The summed E-state index contributed by atoms with van der Waals surface area (Å²) in [6.07, 6.45) is 1.70. The zero-order chi connectivity index (χ0) is 10.1. The van der Waals surface area contributed by atoms with Crippen LogP contribution in [0.2, 0.25) is 0 Å². The number of aromatic nitrogens is 1. The Kier molecular flexibility index (Phi) is 2.21. The molecule has 4 heteroatoms. The second-order valence-electron chi connectivity index (χ2n) is 2.91. The van der Waals surface area contributed by atoms with Gasteiger partial charge in [0.1, 0.15) is 5.84 Å². The van der Waals surface area contributed by atoms with Crippen molar-refractivity contribution >= 4 is 32.7 Å². The average molecular weight is 250 g/mol. The third-order valence-corrected chi connectivity index (χ3v) is 2.70. The van der Waals surface area contributed by atoms with Gasteiger partial charge in [0.05, 0.1) is 5.52 Å². The Labute approximate surface area is 89.6 Å². The fourth-order valence-electron chi connectivity index (χ4n) is 1.36. The first kappa shape index (κ1) is 9.15. The number of nitrogens with zero attached hydrogens (tertiary/aromatic N) is 1. The van der Waals surface area contributed by atoms with Gasteiger partial charge in [0.2, 0.25) is 0 Å². The Morgan fingerprint density at radius 1 is 1.36 bits per heavy atom. The van der Waals surface area contributed by atoms with Crippen molar-refractivity contribution in [3.63, 3.8) is 0 Å². The first-order chi connectivity index (χ1) is 6.70. The molecule has 0 saturated carbocycles. The summed E-state index contributed by atoms with van der Waals surface area (Å²) in [5, 5.41) is 8.38. The topological polar surface area (TPSA) is 62.8 Å².